The van der Waals surface area contributed by atoms with Crippen molar-refractivity contribution in [3.8, 4) is 0 Å². The molecule has 0 N–H and O–H groups in total. The molecule has 2 amide bonds. The molecule has 0 bridgehead atoms. The maximum absolute atomic E-state index is 12.5. The second-order valence-electron chi connectivity index (χ2n) is 6.74. The quantitative estimate of drug-likeness (QED) is 0.372. The Bertz CT molecular complexity index is 389. The first-order valence-electron chi connectivity index (χ1n) is 7.90. The fourth-order valence-corrected chi connectivity index (χ4v) is 3.10. The van der Waals surface area contributed by atoms with Crippen LogP contribution in [0.3, 0.4) is 0 Å². The highest BCUT2D eigenvalue weighted by Gasteiger charge is 2.46. The molecule has 0 aromatic heterocycles. The minimum absolute atomic E-state index is 0.00749. The molecule has 0 spiro atoms. The Labute approximate surface area is 128 Å². The Morgan fingerprint density at radius 1 is 1.48 bits per heavy atom. The van der Waals surface area contributed by atoms with Gasteiger partial charge in [-0.3, -0.25) is 14.5 Å². The summed E-state index contributed by atoms with van der Waals surface area (Å²) in [5, 5.41) is 0. The molecule has 120 valence electrons. The molecule has 0 aliphatic carbocycles. The van der Waals surface area contributed by atoms with Crippen molar-refractivity contribution < 1.29 is 14.3 Å². The number of carbonyl (C=O) groups is 2. The molecule has 1 aliphatic rings. The van der Waals surface area contributed by atoms with E-state index in [2.05, 4.69) is 34.3 Å². The smallest absolute Gasteiger partial charge is 0.233 e. The van der Waals surface area contributed by atoms with E-state index in [1.54, 1.807) is 0 Å². The number of carbonyl (C=O) groups excluding carboxylic acids is 2. The molecular formula is C17H29NO3. The molecule has 0 aromatic rings. The first kappa shape index (κ1) is 17.7. The highest BCUT2D eigenvalue weighted by Crippen LogP contribution is 2.41. The lowest BCUT2D eigenvalue weighted by Gasteiger charge is -2.32. The lowest BCUT2D eigenvalue weighted by atomic mass is 9.72. The lowest BCUT2D eigenvalue weighted by molar-refractivity contribution is -0.140. The molecule has 2 unspecified atom stereocenters. The van der Waals surface area contributed by atoms with Crippen LogP contribution in [0.15, 0.2) is 12.8 Å². The van der Waals surface area contributed by atoms with Crippen molar-refractivity contribution >= 4 is 11.8 Å². The number of likely N-dealkylation sites (tertiary alicyclic amines) is 1. The van der Waals surface area contributed by atoms with Crippen molar-refractivity contribution in [3.05, 3.63) is 12.8 Å². The van der Waals surface area contributed by atoms with Gasteiger partial charge in [0.1, 0.15) is 0 Å². The van der Waals surface area contributed by atoms with E-state index in [0.717, 1.165) is 12.8 Å². The molecule has 21 heavy (non-hydrogen) atoms. The van der Waals surface area contributed by atoms with Crippen LogP contribution in [0.4, 0.5) is 0 Å². The van der Waals surface area contributed by atoms with Crippen LogP contribution < -0.4 is 0 Å². The zero-order valence-corrected chi connectivity index (χ0v) is 13.9. The van der Waals surface area contributed by atoms with E-state index in [4.69, 9.17) is 4.74 Å². The Balaban J connectivity index is 2.64. The van der Waals surface area contributed by atoms with E-state index < -0.39 is 0 Å². The fraction of sp³-hybridized carbons (Fsp3) is 0.765. The van der Waals surface area contributed by atoms with Crippen LogP contribution in [-0.2, 0) is 14.3 Å². The van der Waals surface area contributed by atoms with E-state index >= 15 is 0 Å². The van der Waals surface area contributed by atoms with Gasteiger partial charge in [-0.25, -0.2) is 0 Å². The predicted molar refractivity (Wildman–Crippen MR) is 83.4 cm³/mol. The second kappa shape index (κ2) is 7.62. The molecule has 1 fully saturated rings. The maximum atomic E-state index is 12.5. The standard InChI is InChI=1S/C17H29NO3/c1-6-13(3)12-17(4,5)14-11-15(19)18(16(14)20)9-8-10-21-7-2/h7,13-14H,2,6,8-12H2,1,3-5H3. The lowest BCUT2D eigenvalue weighted by Crippen LogP contribution is -2.36. The highest BCUT2D eigenvalue weighted by molar-refractivity contribution is 6.03. The van der Waals surface area contributed by atoms with Gasteiger partial charge in [-0.05, 0) is 24.2 Å². The van der Waals surface area contributed by atoms with Gasteiger partial charge in [-0.15, -0.1) is 0 Å². The van der Waals surface area contributed by atoms with Gasteiger partial charge < -0.3 is 4.74 Å². The minimum Gasteiger partial charge on any atom is -0.502 e. The minimum atomic E-state index is -0.181. The SMILES string of the molecule is C=COCCCN1C(=O)CC(C(C)(C)CC(C)CC)C1=O. The average Bonchev–Trinajstić information content (AvgIpc) is 2.71. The highest BCUT2D eigenvalue weighted by atomic mass is 16.5. The Hall–Kier alpha value is -1.32. The monoisotopic (exact) mass is 295 g/mol. The van der Waals surface area contributed by atoms with Gasteiger partial charge in [0.05, 0.1) is 18.8 Å². The molecule has 4 nitrogen and oxygen atoms in total. The van der Waals surface area contributed by atoms with Gasteiger partial charge in [-0.2, -0.15) is 0 Å². The molecule has 1 rings (SSSR count). The normalized spacial score (nSPS) is 20.8. The van der Waals surface area contributed by atoms with Crippen LogP contribution in [0.25, 0.3) is 0 Å². The third-order valence-corrected chi connectivity index (χ3v) is 4.52. The number of nitrogens with zero attached hydrogens (tertiary/aromatic N) is 1. The molecule has 0 radical (unpaired) electrons. The van der Waals surface area contributed by atoms with E-state index in [0.29, 0.717) is 31.9 Å². The van der Waals surface area contributed by atoms with Crippen molar-refractivity contribution in [2.45, 2.75) is 53.4 Å². The second-order valence-corrected chi connectivity index (χ2v) is 6.74. The molecular weight excluding hydrogens is 266 g/mol. The largest absolute Gasteiger partial charge is 0.502 e. The summed E-state index contributed by atoms with van der Waals surface area (Å²) >= 11 is 0. The predicted octanol–water partition coefficient (Wildman–Crippen LogP) is 3.37. The Morgan fingerprint density at radius 3 is 2.71 bits per heavy atom. The summed E-state index contributed by atoms with van der Waals surface area (Å²) in [6, 6.07) is 0. The van der Waals surface area contributed by atoms with Gasteiger partial charge in [0.15, 0.2) is 0 Å². The molecule has 4 heteroatoms. The van der Waals surface area contributed by atoms with Crippen LogP contribution in [0.5, 0.6) is 0 Å². The summed E-state index contributed by atoms with van der Waals surface area (Å²) in [5.74, 6) is 0.338. The van der Waals surface area contributed by atoms with Crippen molar-refractivity contribution in [1.82, 2.24) is 4.90 Å². The summed E-state index contributed by atoms with van der Waals surface area (Å²) in [6.45, 7) is 13.0. The van der Waals surface area contributed by atoms with Crippen LogP contribution in [0, 0.1) is 17.3 Å². The van der Waals surface area contributed by atoms with Crippen molar-refractivity contribution in [2.24, 2.45) is 17.3 Å². The number of amides is 2. The van der Waals surface area contributed by atoms with Crippen LogP contribution in [0.2, 0.25) is 0 Å². The summed E-state index contributed by atoms with van der Waals surface area (Å²) in [6.07, 6.45) is 4.46. The number of imide groups is 1. The van der Waals surface area contributed by atoms with Crippen molar-refractivity contribution in [1.29, 1.82) is 0 Å². The average molecular weight is 295 g/mol. The zero-order chi connectivity index (χ0) is 16.0. The maximum Gasteiger partial charge on any atom is 0.233 e. The molecule has 1 aliphatic heterocycles. The number of rotatable bonds is 9. The van der Waals surface area contributed by atoms with Gasteiger partial charge in [-0.1, -0.05) is 40.7 Å². The van der Waals surface area contributed by atoms with Gasteiger partial charge in [0, 0.05) is 13.0 Å². The van der Waals surface area contributed by atoms with Crippen LogP contribution >= 0.6 is 0 Å². The first-order chi connectivity index (χ1) is 9.83. The number of ether oxygens (including phenoxy) is 1. The van der Waals surface area contributed by atoms with E-state index in [9.17, 15) is 9.59 Å². The molecule has 2 atom stereocenters. The summed E-state index contributed by atoms with van der Waals surface area (Å²) in [7, 11) is 0. The molecule has 1 saturated heterocycles. The third kappa shape index (κ3) is 4.58. The fourth-order valence-electron chi connectivity index (χ4n) is 3.10. The molecule has 1 heterocycles. The molecule has 0 saturated carbocycles. The summed E-state index contributed by atoms with van der Waals surface area (Å²) < 4.78 is 5.04. The Morgan fingerprint density at radius 2 is 2.14 bits per heavy atom. The summed E-state index contributed by atoms with van der Waals surface area (Å²) in [5.41, 5.74) is -0.130. The van der Waals surface area contributed by atoms with Gasteiger partial charge in [0.25, 0.3) is 0 Å². The van der Waals surface area contributed by atoms with Crippen molar-refractivity contribution in [3.63, 3.8) is 0 Å². The molecule has 0 aromatic carbocycles. The van der Waals surface area contributed by atoms with E-state index in [1.807, 2.05) is 0 Å². The third-order valence-electron chi connectivity index (χ3n) is 4.52. The summed E-state index contributed by atoms with van der Waals surface area (Å²) in [4.78, 5) is 26.1. The topological polar surface area (TPSA) is 46.6 Å². The number of hydrogen-bond acceptors (Lipinski definition) is 3. The zero-order valence-electron chi connectivity index (χ0n) is 13.9. The van der Waals surface area contributed by atoms with Crippen LogP contribution in [0.1, 0.15) is 53.4 Å². The van der Waals surface area contributed by atoms with Crippen LogP contribution in [-0.4, -0.2) is 29.9 Å². The van der Waals surface area contributed by atoms with E-state index in [1.165, 1.54) is 11.2 Å². The Kier molecular flexibility index (Phi) is 6.43. The van der Waals surface area contributed by atoms with Gasteiger partial charge in [0.2, 0.25) is 11.8 Å². The van der Waals surface area contributed by atoms with Gasteiger partial charge >= 0.3 is 0 Å². The first-order valence-corrected chi connectivity index (χ1v) is 7.90. The number of hydrogen-bond donors (Lipinski definition) is 0. The van der Waals surface area contributed by atoms with E-state index in [-0.39, 0.29) is 23.1 Å². The van der Waals surface area contributed by atoms with Crippen molar-refractivity contribution in [2.75, 3.05) is 13.2 Å².